The number of carbonyl (C=O) groups excluding carboxylic acids is 2. The summed E-state index contributed by atoms with van der Waals surface area (Å²) in [5.41, 5.74) is 4.78. The van der Waals surface area contributed by atoms with Crippen LogP contribution in [0.2, 0.25) is 0 Å². The van der Waals surface area contributed by atoms with Crippen molar-refractivity contribution in [1.29, 1.82) is 0 Å². The summed E-state index contributed by atoms with van der Waals surface area (Å²) >= 11 is 0. The number of rotatable bonds is 9. The lowest BCUT2D eigenvalue weighted by molar-refractivity contribution is -0.160. The topological polar surface area (TPSA) is 132 Å². The van der Waals surface area contributed by atoms with E-state index in [0.717, 1.165) is 38.6 Å². The van der Waals surface area contributed by atoms with Crippen LogP contribution in [0.25, 0.3) is 10.8 Å². The molecule has 0 aromatic heterocycles. The first-order chi connectivity index (χ1) is 26.1. The van der Waals surface area contributed by atoms with E-state index in [1.54, 1.807) is 30.3 Å². The molecule has 5 aromatic carbocycles. The fraction of sp³-hybridized carbons (Fsp3) is 0.333. The van der Waals surface area contributed by atoms with Gasteiger partial charge in [-0.2, -0.15) is 0 Å². The molecule has 0 radical (unpaired) electrons. The Morgan fingerprint density at radius 3 is 2.28 bits per heavy atom. The highest BCUT2D eigenvalue weighted by atomic mass is 16.6. The lowest BCUT2D eigenvalue weighted by Crippen LogP contribution is -2.52. The first-order valence-electron chi connectivity index (χ1n) is 18.4. The molecule has 9 nitrogen and oxygen atoms in total. The van der Waals surface area contributed by atoms with Gasteiger partial charge in [-0.25, -0.2) is 0 Å². The van der Waals surface area contributed by atoms with Crippen molar-refractivity contribution in [2.24, 2.45) is 5.92 Å². The molecule has 0 saturated heterocycles. The maximum Gasteiger partial charge on any atom is 0.310 e. The van der Waals surface area contributed by atoms with Crippen LogP contribution in [0.1, 0.15) is 65.5 Å². The van der Waals surface area contributed by atoms with Crippen molar-refractivity contribution in [1.82, 2.24) is 0 Å². The zero-order valence-corrected chi connectivity index (χ0v) is 30.8. The molecule has 1 saturated carbocycles. The predicted octanol–water partition coefficient (Wildman–Crippen LogP) is 7.47. The zero-order chi connectivity index (χ0) is 38.0. The number of hydrogen-bond acceptors (Lipinski definition) is 9. The van der Waals surface area contributed by atoms with Crippen LogP contribution in [0, 0.1) is 5.92 Å². The van der Waals surface area contributed by atoms with Crippen LogP contribution in [0.4, 0.5) is 0 Å². The van der Waals surface area contributed by atoms with Crippen molar-refractivity contribution in [2.75, 3.05) is 14.2 Å². The predicted molar refractivity (Wildman–Crippen MR) is 204 cm³/mol. The van der Waals surface area contributed by atoms with Gasteiger partial charge in [0.05, 0.1) is 27.2 Å². The van der Waals surface area contributed by atoms with Gasteiger partial charge in [-0.05, 0) is 100 Å². The molecule has 2 aliphatic carbocycles. The maximum atomic E-state index is 13.7. The van der Waals surface area contributed by atoms with Gasteiger partial charge in [0, 0.05) is 24.7 Å². The summed E-state index contributed by atoms with van der Waals surface area (Å²) in [7, 11) is 3.04. The highest BCUT2D eigenvalue weighted by Crippen LogP contribution is 2.55. The van der Waals surface area contributed by atoms with E-state index in [4.69, 9.17) is 18.9 Å². The van der Waals surface area contributed by atoms with E-state index in [2.05, 4.69) is 30.3 Å². The smallest absolute Gasteiger partial charge is 0.310 e. The van der Waals surface area contributed by atoms with Crippen molar-refractivity contribution in [2.45, 2.75) is 75.6 Å². The Balaban J connectivity index is 1.39. The Bertz CT molecular complexity index is 2180. The fourth-order valence-electron chi connectivity index (χ4n) is 8.95. The van der Waals surface area contributed by atoms with Gasteiger partial charge in [-0.15, -0.1) is 0 Å². The number of ether oxygens (including phenoxy) is 4. The third kappa shape index (κ3) is 7.46. The lowest BCUT2D eigenvalue weighted by atomic mass is 9.54. The average Bonchev–Trinajstić information content (AvgIpc) is 3.16. The van der Waals surface area contributed by atoms with Gasteiger partial charge in [0.1, 0.15) is 12.2 Å². The van der Waals surface area contributed by atoms with Crippen LogP contribution < -0.4 is 9.47 Å². The van der Waals surface area contributed by atoms with Gasteiger partial charge in [0.15, 0.2) is 23.0 Å². The summed E-state index contributed by atoms with van der Waals surface area (Å²) in [5, 5.41) is 33.5. The summed E-state index contributed by atoms with van der Waals surface area (Å²) in [4.78, 5) is 26.6. The zero-order valence-electron chi connectivity index (χ0n) is 30.8. The first-order valence-corrected chi connectivity index (χ1v) is 18.4. The number of phenolic OH excluding ortho intramolecular Hbond substituents is 2. The van der Waals surface area contributed by atoms with Gasteiger partial charge in [-0.1, -0.05) is 72.8 Å². The highest BCUT2D eigenvalue weighted by molar-refractivity contribution is 5.83. The number of esters is 2. The third-order valence-corrected chi connectivity index (χ3v) is 11.4. The molecule has 1 fully saturated rings. The van der Waals surface area contributed by atoms with Crippen LogP contribution in [0.3, 0.4) is 0 Å². The Hall–Kier alpha value is -5.54. The summed E-state index contributed by atoms with van der Waals surface area (Å²) in [6.45, 7) is 1.28. The number of hydrogen-bond donors (Lipinski definition) is 3. The lowest BCUT2D eigenvalue weighted by Gasteiger charge is -2.52. The maximum absolute atomic E-state index is 13.7. The Kier molecular flexibility index (Phi) is 10.5. The van der Waals surface area contributed by atoms with Crippen molar-refractivity contribution < 1.29 is 43.9 Å². The van der Waals surface area contributed by atoms with Crippen LogP contribution >= 0.6 is 0 Å². The molecule has 2 aliphatic rings. The number of aliphatic hydroxyl groups excluding tert-OH is 1. The minimum absolute atomic E-state index is 0.0153. The number of benzene rings is 5. The summed E-state index contributed by atoms with van der Waals surface area (Å²) in [5.74, 6) is -0.526. The number of phenols is 2. The van der Waals surface area contributed by atoms with E-state index in [9.17, 15) is 24.9 Å². The van der Waals surface area contributed by atoms with Crippen LogP contribution in [0.5, 0.6) is 23.0 Å². The molecular formula is C45H46O9. The number of fused-ring (bicyclic) bond motifs is 3. The van der Waals surface area contributed by atoms with Crippen molar-refractivity contribution in [3.05, 3.63) is 130 Å². The van der Waals surface area contributed by atoms with Crippen LogP contribution in [0.15, 0.2) is 97.1 Å². The first kappa shape index (κ1) is 36.8. The van der Waals surface area contributed by atoms with E-state index < -0.39 is 29.6 Å². The molecule has 280 valence electrons. The second kappa shape index (κ2) is 15.4. The SMILES string of the molecule is COc1cc([C@@H]2C[C@H](OC(=O)Cc3cccc(CO)c3)C[C@H](OC(C)=O)[C@@H]3Cc4cc(OC)c(O)cc4C[C@]3(c3ccc4ccccc4c3)C2)ccc1O. The monoisotopic (exact) mass is 730 g/mol. The van der Waals surface area contributed by atoms with Crippen molar-refractivity contribution in [3.63, 3.8) is 0 Å². The molecule has 5 atom stereocenters. The van der Waals surface area contributed by atoms with Gasteiger partial charge < -0.3 is 34.3 Å². The summed E-state index contributed by atoms with van der Waals surface area (Å²) in [6, 6.07) is 31.0. The molecule has 0 amide bonds. The largest absolute Gasteiger partial charge is 0.504 e. The molecule has 54 heavy (non-hydrogen) atoms. The van der Waals surface area contributed by atoms with Crippen LogP contribution in [-0.4, -0.2) is 53.7 Å². The molecule has 9 heteroatoms. The average molecular weight is 731 g/mol. The van der Waals surface area contributed by atoms with Crippen LogP contribution in [-0.2, 0) is 50.3 Å². The minimum atomic E-state index is -0.632. The highest BCUT2D eigenvalue weighted by Gasteiger charge is 2.52. The molecule has 3 N–H and O–H groups in total. The molecule has 0 spiro atoms. The standard InChI is InChI=1S/C45H46O9/c1-27(47)53-41-23-37(54-44(50)16-28-7-6-8-29(15-28)26-46)18-34(32-12-14-39(48)42(21-32)51-2)24-45(36-13-11-30-9-4-5-10-31(30)17-36)25-35-20-40(49)43(52-3)22-33(35)19-38(41)45/h4-15,17,20-22,34,37-38,41,46,48-49H,16,18-19,23-26H2,1-3H3/t34-,37+,38+,41+,45+/m1/s1. The van der Waals surface area contributed by atoms with Crippen molar-refractivity contribution >= 4 is 22.7 Å². The number of methoxy groups -OCH3 is 2. The Morgan fingerprint density at radius 1 is 0.759 bits per heavy atom. The molecule has 5 aromatic rings. The number of aromatic hydroxyl groups is 2. The molecule has 0 aliphatic heterocycles. The van der Waals surface area contributed by atoms with Gasteiger partial charge >= 0.3 is 11.9 Å². The van der Waals surface area contributed by atoms with Gasteiger partial charge in [0.2, 0.25) is 0 Å². The summed E-state index contributed by atoms with van der Waals surface area (Å²) < 4.78 is 23.7. The molecule has 0 bridgehead atoms. The number of carbonyl (C=O) groups is 2. The Labute approximate surface area is 315 Å². The van der Waals surface area contributed by atoms with Crippen molar-refractivity contribution in [3.8, 4) is 23.0 Å². The third-order valence-electron chi connectivity index (χ3n) is 11.4. The van der Waals surface area contributed by atoms with E-state index >= 15 is 0 Å². The fourth-order valence-corrected chi connectivity index (χ4v) is 8.95. The van der Waals surface area contributed by atoms with E-state index in [1.165, 1.54) is 21.1 Å². The molecule has 0 heterocycles. The van der Waals surface area contributed by atoms with Gasteiger partial charge in [0.25, 0.3) is 0 Å². The number of aliphatic hydroxyl groups is 1. The molecule has 0 unspecified atom stereocenters. The van der Waals surface area contributed by atoms with E-state index in [0.29, 0.717) is 42.7 Å². The normalized spacial score (nSPS) is 22.2. The van der Waals surface area contributed by atoms with E-state index in [-0.39, 0.29) is 42.8 Å². The molecule has 7 rings (SSSR count). The quantitative estimate of drug-likeness (QED) is 0.132. The van der Waals surface area contributed by atoms with Gasteiger partial charge in [-0.3, -0.25) is 9.59 Å². The second-order valence-corrected chi connectivity index (χ2v) is 14.7. The summed E-state index contributed by atoms with van der Waals surface area (Å²) in [6.07, 6.45) is 1.05. The Morgan fingerprint density at radius 2 is 1.52 bits per heavy atom. The second-order valence-electron chi connectivity index (χ2n) is 14.7. The van der Waals surface area contributed by atoms with E-state index in [1.807, 2.05) is 36.4 Å². The minimum Gasteiger partial charge on any atom is -0.504 e. The molecular weight excluding hydrogens is 684 g/mol.